The van der Waals surface area contributed by atoms with Crippen LogP contribution in [0.2, 0.25) is 0 Å². The van der Waals surface area contributed by atoms with Crippen LogP contribution < -0.4 is 0 Å². The lowest BCUT2D eigenvalue weighted by Crippen LogP contribution is -2.16. The molecule has 1 aliphatic carbocycles. The van der Waals surface area contributed by atoms with Gasteiger partial charge in [-0.1, -0.05) is 159 Å². The molecule has 0 unspecified atom stereocenters. The molecule has 0 aromatic heterocycles. The standard InChI is InChI=1S/C45H32/c1-45(2)41-22-11-10-15-35(41)40-21-12-20-34(44(40)45)32-25-23-31-28-33(26-24-30(31)27-32)43-38-18-8-6-16-36(38)42(29-13-4-3-5-14-29)37-17-7-9-19-39(37)43/h3-28H,1-2H3. The lowest BCUT2D eigenvalue weighted by Gasteiger charge is -2.24. The van der Waals surface area contributed by atoms with Crippen LogP contribution in [-0.4, -0.2) is 0 Å². The zero-order valence-electron chi connectivity index (χ0n) is 25.5. The Morgan fingerprint density at radius 3 is 1.51 bits per heavy atom. The summed E-state index contributed by atoms with van der Waals surface area (Å²) in [4.78, 5) is 0. The largest absolute Gasteiger partial charge is 0.0622 e. The monoisotopic (exact) mass is 572 g/mol. The molecule has 0 aliphatic heterocycles. The highest BCUT2D eigenvalue weighted by molar-refractivity contribution is 6.21. The third kappa shape index (κ3) is 3.85. The maximum Gasteiger partial charge on any atom is 0.0165 e. The second kappa shape index (κ2) is 9.78. The molecule has 1 aliphatic rings. The first-order valence-electron chi connectivity index (χ1n) is 15.9. The minimum atomic E-state index is -0.0463. The van der Waals surface area contributed by atoms with Crippen molar-refractivity contribution in [1.82, 2.24) is 0 Å². The van der Waals surface area contributed by atoms with E-state index >= 15 is 0 Å². The zero-order chi connectivity index (χ0) is 30.1. The molecule has 0 heteroatoms. The Morgan fingerprint density at radius 1 is 0.356 bits per heavy atom. The van der Waals surface area contributed by atoms with Crippen LogP contribution in [-0.2, 0) is 5.41 Å². The van der Waals surface area contributed by atoms with Gasteiger partial charge in [-0.05, 0) is 100 Å². The lowest BCUT2D eigenvalue weighted by molar-refractivity contribution is 0.662. The van der Waals surface area contributed by atoms with Gasteiger partial charge in [-0.3, -0.25) is 0 Å². The average Bonchev–Trinajstić information content (AvgIpc) is 3.33. The van der Waals surface area contributed by atoms with Crippen LogP contribution in [0, 0.1) is 0 Å². The van der Waals surface area contributed by atoms with Crippen LogP contribution in [0.3, 0.4) is 0 Å². The molecule has 212 valence electrons. The Kier molecular flexibility index (Phi) is 5.64. The second-order valence-corrected chi connectivity index (χ2v) is 12.9. The van der Waals surface area contributed by atoms with Crippen LogP contribution >= 0.6 is 0 Å². The van der Waals surface area contributed by atoms with Crippen molar-refractivity contribution in [2.45, 2.75) is 19.3 Å². The number of benzene rings is 8. The fourth-order valence-corrected chi connectivity index (χ4v) is 8.01. The fourth-order valence-electron chi connectivity index (χ4n) is 8.01. The molecule has 0 saturated carbocycles. The number of rotatable bonds is 3. The Bertz CT molecular complexity index is 2390. The van der Waals surface area contributed by atoms with Crippen molar-refractivity contribution in [2.24, 2.45) is 0 Å². The molecule has 45 heavy (non-hydrogen) atoms. The van der Waals surface area contributed by atoms with Gasteiger partial charge in [0, 0.05) is 5.41 Å². The van der Waals surface area contributed by atoms with E-state index in [1.165, 1.54) is 88.0 Å². The minimum Gasteiger partial charge on any atom is -0.0622 e. The predicted molar refractivity (Wildman–Crippen MR) is 193 cm³/mol. The predicted octanol–water partition coefficient (Wildman–Crippen LogP) is 12.5. The quantitative estimate of drug-likeness (QED) is 0.185. The average molecular weight is 573 g/mol. The SMILES string of the molecule is CC1(C)c2ccccc2-c2cccc(-c3ccc4cc(-c5c6ccccc6c(-c6ccccc6)c6ccccc56)ccc4c3)c21. The van der Waals surface area contributed by atoms with Crippen molar-refractivity contribution in [3.8, 4) is 44.5 Å². The van der Waals surface area contributed by atoms with Crippen LogP contribution in [0.1, 0.15) is 25.0 Å². The van der Waals surface area contributed by atoms with Gasteiger partial charge in [-0.15, -0.1) is 0 Å². The number of hydrogen-bond donors (Lipinski definition) is 0. The van der Waals surface area contributed by atoms with Crippen molar-refractivity contribution in [3.05, 3.63) is 169 Å². The Morgan fingerprint density at radius 2 is 0.844 bits per heavy atom. The van der Waals surface area contributed by atoms with E-state index in [0.717, 1.165) is 0 Å². The summed E-state index contributed by atoms with van der Waals surface area (Å²) in [6.07, 6.45) is 0. The molecule has 0 bridgehead atoms. The maximum atomic E-state index is 2.38. The summed E-state index contributed by atoms with van der Waals surface area (Å²) in [5.74, 6) is 0. The molecule has 0 spiro atoms. The van der Waals surface area contributed by atoms with Gasteiger partial charge >= 0.3 is 0 Å². The molecular formula is C45H32. The summed E-state index contributed by atoms with van der Waals surface area (Å²) in [5, 5.41) is 7.66. The maximum absolute atomic E-state index is 2.38. The van der Waals surface area contributed by atoms with E-state index < -0.39 is 0 Å². The molecule has 0 amide bonds. The van der Waals surface area contributed by atoms with Gasteiger partial charge in [0.15, 0.2) is 0 Å². The summed E-state index contributed by atoms with van der Waals surface area (Å²) in [6.45, 7) is 4.73. The molecule has 8 aromatic rings. The van der Waals surface area contributed by atoms with E-state index in [1.807, 2.05) is 0 Å². The molecule has 0 radical (unpaired) electrons. The molecule has 0 N–H and O–H groups in total. The lowest BCUT2D eigenvalue weighted by atomic mass is 9.78. The molecule has 9 rings (SSSR count). The van der Waals surface area contributed by atoms with Crippen LogP contribution in [0.4, 0.5) is 0 Å². The minimum absolute atomic E-state index is 0.0463. The third-order valence-corrected chi connectivity index (χ3v) is 10.0. The normalized spacial score (nSPS) is 13.3. The first-order valence-corrected chi connectivity index (χ1v) is 15.9. The number of hydrogen-bond acceptors (Lipinski definition) is 0. The molecule has 8 aromatic carbocycles. The summed E-state index contributed by atoms with van der Waals surface area (Å²) in [7, 11) is 0. The molecule has 0 saturated heterocycles. The van der Waals surface area contributed by atoms with Crippen molar-refractivity contribution in [2.75, 3.05) is 0 Å². The molecule has 0 fully saturated rings. The molecular weight excluding hydrogens is 540 g/mol. The summed E-state index contributed by atoms with van der Waals surface area (Å²) >= 11 is 0. The highest BCUT2D eigenvalue weighted by Crippen LogP contribution is 2.52. The van der Waals surface area contributed by atoms with Gasteiger partial charge in [0.05, 0.1) is 0 Å². The van der Waals surface area contributed by atoms with Crippen LogP contribution in [0.5, 0.6) is 0 Å². The Hall–Kier alpha value is -5.46. The van der Waals surface area contributed by atoms with E-state index in [1.54, 1.807) is 0 Å². The summed E-state index contributed by atoms with van der Waals surface area (Å²) in [5.41, 5.74) is 13.2. The highest BCUT2D eigenvalue weighted by Gasteiger charge is 2.37. The summed E-state index contributed by atoms with van der Waals surface area (Å²) in [6, 6.07) is 58.3. The van der Waals surface area contributed by atoms with E-state index in [-0.39, 0.29) is 5.41 Å². The van der Waals surface area contributed by atoms with Gasteiger partial charge in [0.25, 0.3) is 0 Å². The number of fused-ring (bicyclic) bond motifs is 6. The van der Waals surface area contributed by atoms with E-state index in [4.69, 9.17) is 0 Å². The first-order chi connectivity index (χ1) is 22.1. The topological polar surface area (TPSA) is 0 Å². The van der Waals surface area contributed by atoms with Gasteiger partial charge in [0.1, 0.15) is 0 Å². The van der Waals surface area contributed by atoms with E-state index in [9.17, 15) is 0 Å². The third-order valence-electron chi connectivity index (χ3n) is 10.0. The van der Waals surface area contributed by atoms with Gasteiger partial charge in [0.2, 0.25) is 0 Å². The first kappa shape index (κ1) is 26.0. The van der Waals surface area contributed by atoms with Crippen molar-refractivity contribution in [3.63, 3.8) is 0 Å². The van der Waals surface area contributed by atoms with Crippen molar-refractivity contribution in [1.29, 1.82) is 0 Å². The van der Waals surface area contributed by atoms with Gasteiger partial charge in [-0.2, -0.15) is 0 Å². The zero-order valence-corrected chi connectivity index (χ0v) is 25.5. The fraction of sp³-hybridized carbons (Fsp3) is 0.0667. The van der Waals surface area contributed by atoms with Gasteiger partial charge in [-0.25, -0.2) is 0 Å². The van der Waals surface area contributed by atoms with Crippen LogP contribution in [0.15, 0.2) is 158 Å². The van der Waals surface area contributed by atoms with Crippen molar-refractivity contribution < 1.29 is 0 Å². The summed E-state index contributed by atoms with van der Waals surface area (Å²) < 4.78 is 0. The van der Waals surface area contributed by atoms with Gasteiger partial charge < -0.3 is 0 Å². The van der Waals surface area contributed by atoms with Crippen LogP contribution in [0.25, 0.3) is 76.8 Å². The Labute approximate surface area is 264 Å². The van der Waals surface area contributed by atoms with E-state index in [0.29, 0.717) is 0 Å². The molecule has 0 nitrogen and oxygen atoms in total. The molecule has 0 heterocycles. The molecule has 0 atom stereocenters. The second-order valence-electron chi connectivity index (χ2n) is 12.9. The highest BCUT2D eigenvalue weighted by atomic mass is 14.4. The van der Waals surface area contributed by atoms with Crippen molar-refractivity contribution >= 4 is 32.3 Å². The van der Waals surface area contributed by atoms with E-state index in [2.05, 4.69) is 172 Å². The smallest absolute Gasteiger partial charge is 0.0165 e. The Balaban J connectivity index is 1.22.